The standard InChI is InChI=1S/C20H26N4O3/c1-20(7-8-21-11-20)12-22-9-13-3-2-4-14-15(13)10-24(19(14)27)16-5-6-17(25)23-18(16)26/h2-4,16,21-22H,5-12H2,1H3,(H,23,25,26). The van der Waals surface area contributed by atoms with Crippen LogP contribution in [0.25, 0.3) is 0 Å². The van der Waals surface area contributed by atoms with Gasteiger partial charge in [-0.05, 0) is 42.0 Å². The molecule has 0 aromatic heterocycles. The van der Waals surface area contributed by atoms with Crippen molar-refractivity contribution in [2.24, 2.45) is 5.41 Å². The van der Waals surface area contributed by atoms with E-state index in [1.54, 1.807) is 4.90 Å². The predicted molar refractivity (Wildman–Crippen MR) is 99.8 cm³/mol. The smallest absolute Gasteiger partial charge is 0.255 e. The number of hydrogen-bond acceptors (Lipinski definition) is 5. The van der Waals surface area contributed by atoms with Gasteiger partial charge in [0.05, 0.1) is 0 Å². The van der Waals surface area contributed by atoms with Crippen LogP contribution in [0, 0.1) is 5.41 Å². The number of carbonyl (C=O) groups is 3. The van der Waals surface area contributed by atoms with Gasteiger partial charge in [-0.1, -0.05) is 19.1 Å². The lowest BCUT2D eigenvalue weighted by molar-refractivity contribution is -0.136. The lowest BCUT2D eigenvalue weighted by Gasteiger charge is -2.29. The first kappa shape index (κ1) is 18.1. The molecule has 2 saturated heterocycles. The molecule has 2 unspecified atom stereocenters. The van der Waals surface area contributed by atoms with Gasteiger partial charge in [0.1, 0.15) is 6.04 Å². The van der Waals surface area contributed by atoms with Crippen LogP contribution in [-0.2, 0) is 22.7 Å². The summed E-state index contributed by atoms with van der Waals surface area (Å²) in [4.78, 5) is 38.0. The van der Waals surface area contributed by atoms with Crippen molar-refractivity contribution in [3.8, 4) is 0 Å². The van der Waals surface area contributed by atoms with Crippen molar-refractivity contribution in [3.63, 3.8) is 0 Å². The van der Waals surface area contributed by atoms with Gasteiger partial charge >= 0.3 is 0 Å². The second kappa shape index (κ2) is 7.05. The van der Waals surface area contributed by atoms with Gasteiger partial charge in [-0.15, -0.1) is 0 Å². The first-order chi connectivity index (χ1) is 13.0. The van der Waals surface area contributed by atoms with Gasteiger partial charge in [0, 0.05) is 38.2 Å². The molecule has 1 aromatic carbocycles. The van der Waals surface area contributed by atoms with Gasteiger partial charge in [0.2, 0.25) is 11.8 Å². The van der Waals surface area contributed by atoms with Crippen molar-refractivity contribution >= 4 is 17.7 Å². The topological polar surface area (TPSA) is 90.5 Å². The van der Waals surface area contributed by atoms with Crippen LogP contribution < -0.4 is 16.0 Å². The molecule has 2 atom stereocenters. The van der Waals surface area contributed by atoms with Crippen LogP contribution in [0.15, 0.2) is 18.2 Å². The molecule has 3 aliphatic rings. The van der Waals surface area contributed by atoms with E-state index in [0.29, 0.717) is 25.1 Å². The summed E-state index contributed by atoms with van der Waals surface area (Å²) in [5, 5.41) is 9.30. The molecule has 0 spiro atoms. The number of carbonyl (C=O) groups excluding carboxylic acids is 3. The van der Waals surface area contributed by atoms with Crippen LogP contribution >= 0.6 is 0 Å². The third-order valence-corrected chi connectivity index (χ3v) is 6.00. The molecule has 3 aliphatic heterocycles. The fourth-order valence-corrected chi connectivity index (χ4v) is 4.33. The summed E-state index contributed by atoms with van der Waals surface area (Å²) in [5.41, 5.74) is 3.04. The summed E-state index contributed by atoms with van der Waals surface area (Å²) in [5.74, 6) is -0.748. The molecule has 144 valence electrons. The Balaban J connectivity index is 1.46. The first-order valence-corrected chi connectivity index (χ1v) is 9.64. The third-order valence-electron chi connectivity index (χ3n) is 6.00. The minimum absolute atomic E-state index is 0.117. The molecule has 27 heavy (non-hydrogen) atoms. The maximum Gasteiger partial charge on any atom is 0.255 e. The number of amides is 3. The van der Waals surface area contributed by atoms with E-state index in [4.69, 9.17) is 0 Å². The molecule has 0 bridgehead atoms. The fourth-order valence-electron chi connectivity index (χ4n) is 4.33. The molecule has 0 radical (unpaired) electrons. The second-order valence-electron chi connectivity index (χ2n) is 8.18. The van der Waals surface area contributed by atoms with Gasteiger partial charge < -0.3 is 15.5 Å². The Morgan fingerprint density at radius 2 is 2.15 bits per heavy atom. The van der Waals surface area contributed by atoms with E-state index in [1.807, 2.05) is 18.2 Å². The normalized spacial score (nSPS) is 27.8. The zero-order valence-corrected chi connectivity index (χ0v) is 15.6. The van der Waals surface area contributed by atoms with Crippen LogP contribution in [0.1, 0.15) is 47.7 Å². The van der Waals surface area contributed by atoms with Crippen LogP contribution in [0.2, 0.25) is 0 Å². The minimum Gasteiger partial charge on any atom is -0.322 e. The first-order valence-electron chi connectivity index (χ1n) is 9.64. The fraction of sp³-hybridized carbons (Fsp3) is 0.550. The van der Waals surface area contributed by atoms with Gasteiger partial charge in [0.25, 0.3) is 5.91 Å². The average molecular weight is 370 g/mol. The summed E-state index contributed by atoms with van der Waals surface area (Å²) in [6, 6.07) is 5.21. The average Bonchev–Trinajstić information content (AvgIpc) is 3.20. The molecular formula is C20H26N4O3. The Hall–Kier alpha value is -2.25. The molecule has 0 aliphatic carbocycles. The minimum atomic E-state index is -0.563. The van der Waals surface area contributed by atoms with E-state index in [1.165, 1.54) is 0 Å². The molecule has 7 nitrogen and oxygen atoms in total. The largest absolute Gasteiger partial charge is 0.322 e. The maximum atomic E-state index is 12.8. The Labute approximate surface area is 158 Å². The molecule has 7 heteroatoms. The number of rotatable bonds is 5. The summed E-state index contributed by atoms with van der Waals surface area (Å²) < 4.78 is 0. The van der Waals surface area contributed by atoms with E-state index in [-0.39, 0.29) is 29.6 Å². The van der Waals surface area contributed by atoms with Crippen LogP contribution in [-0.4, -0.2) is 48.3 Å². The predicted octanol–water partition coefficient (Wildman–Crippen LogP) is 0.537. The van der Waals surface area contributed by atoms with Crippen molar-refractivity contribution < 1.29 is 14.4 Å². The van der Waals surface area contributed by atoms with Gasteiger partial charge in [-0.25, -0.2) is 0 Å². The molecular weight excluding hydrogens is 344 g/mol. The Bertz CT molecular complexity index is 785. The summed E-state index contributed by atoms with van der Waals surface area (Å²) in [6.45, 7) is 6.42. The number of piperidine rings is 1. The monoisotopic (exact) mass is 370 g/mol. The zero-order valence-electron chi connectivity index (χ0n) is 15.6. The van der Waals surface area contributed by atoms with Crippen LogP contribution in [0.3, 0.4) is 0 Å². The molecule has 4 rings (SSSR count). The summed E-state index contributed by atoms with van der Waals surface area (Å²) in [7, 11) is 0. The number of nitrogens with one attached hydrogen (secondary N) is 3. The number of fused-ring (bicyclic) bond motifs is 1. The number of imide groups is 1. The highest BCUT2D eigenvalue weighted by Crippen LogP contribution is 2.30. The molecule has 3 amide bonds. The van der Waals surface area contributed by atoms with Crippen LogP contribution in [0.4, 0.5) is 0 Å². The Morgan fingerprint density at radius 1 is 1.30 bits per heavy atom. The molecule has 0 saturated carbocycles. The van der Waals surface area contributed by atoms with Crippen molar-refractivity contribution in [2.75, 3.05) is 19.6 Å². The van der Waals surface area contributed by atoms with E-state index in [2.05, 4.69) is 22.9 Å². The number of benzene rings is 1. The van der Waals surface area contributed by atoms with E-state index < -0.39 is 6.04 Å². The zero-order chi connectivity index (χ0) is 19.0. The highest BCUT2D eigenvalue weighted by atomic mass is 16.2. The highest BCUT2D eigenvalue weighted by Gasteiger charge is 2.39. The van der Waals surface area contributed by atoms with Gasteiger partial charge in [-0.3, -0.25) is 19.7 Å². The summed E-state index contributed by atoms with van der Waals surface area (Å²) in [6.07, 6.45) is 1.83. The molecule has 3 N–H and O–H groups in total. The van der Waals surface area contributed by atoms with E-state index in [9.17, 15) is 14.4 Å². The van der Waals surface area contributed by atoms with Gasteiger partial charge in [-0.2, -0.15) is 0 Å². The Kier molecular flexibility index (Phi) is 4.74. The van der Waals surface area contributed by atoms with Crippen LogP contribution in [0.5, 0.6) is 0 Å². The van der Waals surface area contributed by atoms with Crippen molar-refractivity contribution in [1.29, 1.82) is 0 Å². The van der Waals surface area contributed by atoms with Crippen molar-refractivity contribution in [3.05, 3.63) is 34.9 Å². The van der Waals surface area contributed by atoms with E-state index in [0.717, 1.165) is 37.2 Å². The number of hydrogen-bond donors (Lipinski definition) is 3. The molecule has 3 heterocycles. The highest BCUT2D eigenvalue weighted by molar-refractivity contribution is 6.05. The van der Waals surface area contributed by atoms with Crippen molar-refractivity contribution in [1.82, 2.24) is 20.9 Å². The lowest BCUT2D eigenvalue weighted by atomic mass is 9.90. The SMILES string of the molecule is CC1(CNCc2cccc3c2CN(C2CCC(=O)NC2=O)C3=O)CCNC1. The number of nitrogens with zero attached hydrogens (tertiary/aromatic N) is 1. The van der Waals surface area contributed by atoms with E-state index >= 15 is 0 Å². The second-order valence-corrected chi connectivity index (χ2v) is 8.18. The van der Waals surface area contributed by atoms with Gasteiger partial charge in [0.15, 0.2) is 0 Å². The summed E-state index contributed by atoms with van der Waals surface area (Å²) >= 11 is 0. The molecule has 2 fully saturated rings. The third kappa shape index (κ3) is 3.49. The quantitative estimate of drug-likeness (QED) is 0.658. The molecule has 1 aromatic rings. The van der Waals surface area contributed by atoms with Crippen molar-refractivity contribution in [2.45, 2.75) is 45.3 Å². The maximum absolute atomic E-state index is 12.8. The lowest BCUT2D eigenvalue weighted by Crippen LogP contribution is -2.52. The Morgan fingerprint density at radius 3 is 2.89 bits per heavy atom.